The lowest BCUT2D eigenvalue weighted by molar-refractivity contribution is -0.0508. The van der Waals surface area contributed by atoms with E-state index in [0.29, 0.717) is 5.69 Å². The maximum absolute atomic E-state index is 12.0. The molecule has 0 fully saturated rings. The summed E-state index contributed by atoms with van der Waals surface area (Å²) in [5.74, 6) is 0.0588. The highest BCUT2D eigenvalue weighted by Crippen LogP contribution is 2.28. The van der Waals surface area contributed by atoms with E-state index >= 15 is 0 Å². The summed E-state index contributed by atoms with van der Waals surface area (Å²) >= 11 is 5.62. The molecule has 0 aliphatic carbocycles. The lowest BCUT2D eigenvalue weighted by atomic mass is 10.1. The van der Waals surface area contributed by atoms with E-state index in [4.69, 9.17) is 11.6 Å². The van der Waals surface area contributed by atoms with Crippen molar-refractivity contribution < 1.29 is 13.5 Å². The summed E-state index contributed by atoms with van der Waals surface area (Å²) in [4.78, 5) is 3.94. The Balaban J connectivity index is 3.03. The van der Waals surface area contributed by atoms with Gasteiger partial charge in [-0.3, -0.25) is 4.98 Å². The van der Waals surface area contributed by atoms with Crippen LogP contribution in [0.15, 0.2) is 12.3 Å². The number of ether oxygens (including phenoxy) is 1. The summed E-state index contributed by atoms with van der Waals surface area (Å²) in [6, 6.07) is 1.34. The normalized spacial score (nSPS) is 11.1. The summed E-state index contributed by atoms with van der Waals surface area (Å²) < 4.78 is 28.3. The highest BCUT2D eigenvalue weighted by atomic mass is 35.5. The van der Waals surface area contributed by atoms with Gasteiger partial charge in [0, 0.05) is 12.3 Å². The summed E-state index contributed by atoms with van der Waals surface area (Å²) in [6.07, 6.45) is 1.41. The van der Waals surface area contributed by atoms with Gasteiger partial charge in [0.1, 0.15) is 5.75 Å². The lowest BCUT2D eigenvalue weighted by Crippen LogP contribution is -2.06. The van der Waals surface area contributed by atoms with E-state index in [0.717, 1.165) is 0 Å². The van der Waals surface area contributed by atoms with Gasteiger partial charge in [-0.1, -0.05) is 25.4 Å². The van der Waals surface area contributed by atoms with Gasteiger partial charge in [-0.2, -0.15) is 8.78 Å². The monoisotopic (exact) mass is 221 g/mol. The second-order valence-corrected chi connectivity index (χ2v) is 3.51. The molecule has 1 rings (SSSR count). The maximum atomic E-state index is 12.0. The van der Waals surface area contributed by atoms with Crippen molar-refractivity contribution in [2.75, 3.05) is 0 Å². The molecule has 0 atom stereocenters. The van der Waals surface area contributed by atoms with Crippen LogP contribution < -0.4 is 4.74 Å². The molecule has 0 radical (unpaired) electrons. The maximum Gasteiger partial charge on any atom is 0.387 e. The van der Waals surface area contributed by atoms with E-state index in [1.165, 1.54) is 12.3 Å². The molecule has 0 amide bonds. The van der Waals surface area contributed by atoms with Gasteiger partial charge in [0.15, 0.2) is 0 Å². The van der Waals surface area contributed by atoms with Crippen LogP contribution in [0.4, 0.5) is 8.78 Å². The van der Waals surface area contributed by atoms with E-state index in [2.05, 4.69) is 9.72 Å². The first-order chi connectivity index (χ1) is 6.50. The van der Waals surface area contributed by atoms with Crippen molar-refractivity contribution in [1.82, 2.24) is 4.98 Å². The van der Waals surface area contributed by atoms with Crippen molar-refractivity contribution in [3.63, 3.8) is 0 Å². The van der Waals surface area contributed by atoms with E-state index < -0.39 is 6.61 Å². The van der Waals surface area contributed by atoms with Crippen molar-refractivity contribution in [3.05, 3.63) is 23.0 Å². The fourth-order valence-corrected chi connectivity index (χ4v) is 1.20. The van der Waals surface area contributed by atoms with Crippen LogP contribution in [0.1, 0.15) is 25.5 Å². The molecular weight excluding hydrogens is 212 g/mol. The summed E-state index contributed by atoms with van der Waals surface area (Å²) in [5, 5.41) is 0.282. The molecule has 1 aromatic heterocycles. The topological polar surface area (TPSA) is 22.1 Å². The van der Waals surface area contributed by atoms with Crippen molar-refractivity contribution in [3.8, 4) is 5.75 Å². The largest absolute Gasteiger partial charge is 0.433 e. The van der Waals surface area contributed by atoms with E-state index in [1.54, 1.807) is 0 Å². The van der Waals surface area contributed by atoms with Gasteiger partial charge >= 0.3 is 6.61 Å². The number of hydrogen-bond donors (Lipinski definition) is 0. The number of alkyl halides is 2. The Morgan fingerprint density at radius 2 is 2.07 bits per heavy atom. The minimum absolute atomic E-state index is 0.0148. The fourth-order valence-electron chi connectivity index (χ4n) is 1.06. The lowest BCUT2D eigenvalue weighted by Gasteiger charge is -2.12. The number of aromatic nitrogens is 1. The van der Waals surface area contributed by atoms with Crippen LogP contribution in [0.5, 0.6) is 5.75 Å². The number of hydrogen-bond acceptors (Lipinski definition) is 2. The molecule has 0 N–H and O–H groups in total. The second-order valence-electron chi connectivity index (χ2n) is 3.07. The Kier molecular flexibility index (Phi) is 3.63. The molecule has 78 valence electrons. The van der Waals surface area contributed by atoms with Gasteiger partial charge in [0.2, 0.25) is 0 Å². The molecule has 0 aromatic carbocycles. The average Bonchev–Trinajstić information content (AvgIpc) is 2.01. The molecule has 5 heteroatoms. The van der Waals surface area contributed by atoms with Gasteiger partial charge < -0.3 is 4.74 Å². The third-order valence-electron chi connectivity index (χ3n) is 1.61. The first-order valence-corrected chi connectivity index (χ1v) is 4.48. The summed E-state index contributed by atoms with van der Waals surface area (Å²) in [7, 11) is 0. The van der Waals surface area contributed by atoms with Crippen LogP contribution in [0.25, 0.3) is 0 Å². The molecule has 1 aromatic rings. The molecule has 2 nitrogen and oxygen atoms in total. The molecular formula is C9H10ClF2NO. The third kappa shape index (κ3) is 2.80. The van der Waals surface area contributed by atoms with Crippen LogP contribution in [-0.4, -0.2) is 11.6 Å². The Labute approximate surface area is 85.9 Å². The van der Waals surface area contributed by atoms with Crippen LogP contribution in [0, 0.1) is 0 Å². The molecule has 0 aliphatic rings. The molecule has 0 saturated carbocycles. The van der Waals surface area contributed by atoms with Crippen LogP contribution in [0.2, 0.25) is 5.02 Å². The van der Waals surface area contributed by atoms with Gasteiger partial charge in [0.05, 0.1) is 10.7 Å². The van der Waals surface area contributed by atoms with Crippen LogP contribution in [-0.2, 0) is 0 Å². The smallest absolute Gasteiger partial charge is 0.387 e. The van der Waals surface area contributed by atoms with E-state index in [1.807, 2.05) is 13.8 Å². The molecule has 0 saturated heterocycles. The molecule has 0 aliphatic heterocycles. The number of pyridine rings is 1. The minimum Gasteiger partial charge on any atom is -0.433 e. The highest BCUT2D eigenvalue weighted by molar-refractivity contribution is 6.30. The SMILES string of the molecule is CC(C)c1ncc(Cl)cc1OC(F)F. The molecule has 0 unspecified atom stereocenters. The van der Waals surface area contributed by atoms with Crippen molar-refractivity contribution in [2.24, 2.45) is 0 Å². The number of rotatable bonds is 3. The van der Waals surface area contributed by atoms with Crippen molar-refractivity contribution >= 4 is 11.6 Å². The molecule has 14 heavy (non-hydrogen) atoms. The first kappa shape index (κ1) is 11.2. The van der Waals surface area contributed by atoms with E-state index in [-0.39, 0.29) is 16.7 Å². The predicted octanol–water partition coefficient (Wildman–Crippen LogP) is 3.46. The van der Waals surface area contributed by atoms with Crippen LogP contribution in [0.3, 0.4) is 0 Å². The zero-order chi connectivity index (χ0) is 10.7. The van der Waals surface area contributed by atoms with Crippen LogP contribution >= 0.6 is 11.6 Å². The highest BCUT2D eigenvalue weighted by Gasteiger charge is 2.13. The molecule has 0 spiro atoms. The predicted molar refractivity (Wildman–Crippen MR) is 50.0 cm³/mol. The zero-order valence-corrected chi connectivity index (χ0v) is 8.55. The quantitative estimate of drug-likeness (QED) is 0.780. The number of halogens is 3. The van der Waals surface area contributed by atoms with Gasteiger partial charge in [0.25, 0.3) is 0 Å². The molecule has 0 bridgehead atoms. The Morgan fingerprint density at radius 1 is 1.43 bits per heavy atom. The Bertz CT molecular complexity index is 318. The Morgan fingerprint density at radius 3 is 2.57 bits per heavy atom. The zero-order valence-electron chi connectivity index (χ0n) is 7.80. The standard InChI is InChI=1S/C9H10ClF2NO/c1-5(2)8-7(14-9(11)12)3-6(10)4-13-8/h3-5,9H,1-2H3. The Hall–Kier alpha value is -0.900. The summed E-state index contributed by atoms with van der Waals surface area (Å²) in [6.45, 7) is 0.830. The summed E-state index contributed by atoms with van der Waals surface area (Å²) in [5.41, 5.74) is 0.481. The van der Waals surface area contributed by atoms with Gasteiger partial charge in [-0.25, -0.2) is 0 Å². The average molecular weight is 222 g/mol. The van der Waals surface area contributed by atoms with Crippen molar-refractivity contribution in [1.29, 1.82) is 0 Å². The second kappa shape index (κ2) is 4.55. The fraction of sp³-hybridized carbons (Fsp3) is 0.444. The van der Waals surface area contributed by atoms with E-state index in [9.17, 15) is 8.78 Å². The molecule has 1 heterocycles. The third-order valence-corrected chi connectivity index (χ3v) is 1.82. The number of nitrogens with zero attached hydrogens (tertiary/aromatic N) is 1. The minimum atomic E-state index is -2.85. The first-order valence-electron chi connectivity index (χ1n) is 4.11. The van der Waals surface area contributed by atoms with Gasteiger partial charge in [-0.05, 0) is 5.92 Å². The van der Waals surface area contributed by atoms with Crippen molar-refractivity contribution in [2.45, 2.75) is 26.4 Å². The van der Waals surface area contributed by atoms with Gasteiger partial charge in [-0.15, -0.1) is 0 Å².